The number of amides is 3. The van der Waals surface area contributed by atoms with Crippen molar-refractivity contribution in [1.82, 2.24) is 9.80 Å². The van der Waals surface area contributed by atoms with Gasteiger partial charge in [-0.25, -0.2) is 0 Å². The summed E-state index contributed by atoms with van der Waals surface area (Å²) in [6.07, 6.45) is 6.99. The number of anilines is 1. The van der Waals surface area contributed by atoms with E-state index in [1.54, 1.807) is 58.2 Å². The summed E-state index contributed by atoms with van der Waals surface area (Å²) < 4.78 is 6.86. The Hall–Kier alpha value is -2.68. The summed E-state index contributed by atoms with van der Waals surface area (Å²) in [4.78, 5) is 47.5. The minimum absolute atomic E-state index is 0.0703. The second-order valence-corrected chi connectivity index (χ2v) is 11.3. The largest absolute Gasteiger partial charge is 0.396 e. The summed E-state index contributed by atoms with van der Waals surface area (Å²) in [5.74, 6) is -2.02. The van der Waals surface area contributed by atoms with Crippen LogP contribution >= 0.6 is 11.6 Å². The Morgan fingerprint density at radius 1 is 1.13 bits per heavy atom. The number of halogens is 1. The van der Waals surface area contributed by atoms with Gasteiger partial charge in [0.15, 0.2) is 0 Å². The molecule has 3 fully saturated rings. The van der Waals surface area contributed by atoms with Crippen molar-refractivity contribution in [3.8, 4) is 0 Å². The Kier molecular flexibility index (Phi) is 8.88. The number of likely N-dealkylation sites (tertiary alicyclic amines) is 1. The summed E-state index contributed by atoms with van der Waals surface area (Å²) in [6.45, 7) is 10.6. The first-order chi connectivity index (χ1) is 18.7. The van der Waals surface area contributed by atoms with E-state index in [0.29, 0.717) is 55.9 Å². The maximum Gasteiger partial charge on any atom is 0.253 e. The zero-order valence-electron chi connectivity index (χ0n) is 23.0. The Balaban J connectivity index is 1.79. The van der Waals surface area contributed by atoms with Gasteiger partial charge in [-0.1, -0.05) is 30.7 Å². The van der Waals surface area contributed by atoms with Crippen molar-refractivity contribution in [3.05, 3.63) is 54.6 Å². The number of rotatable bonds is 13. The highest BCUT2D eigenvalue weighted by Crippen LogP contribution is 2.64. The minimum atomic E-state index is -1.09. The van der Waals surface area contributed by atoms with Gasteiger partial charge in [-0.3, -0.25) is 14.4 Å². The van der Waals surface area contributed by atoms with Gasteiger partial charge < -0.3 is 24.5 Å². The average Bonchev–Trinajstić information content (AvgIpc) is 3.53. The topological polar surface area (TPSA) is 90.4 Å². The summed E-state index contributed by atoms with van der Waals surface area (Å²) >= 11 is 6.12. The number of carbonyl (C=O) groups is 3. The highest BCUT2D eigenvalue weighted by molar-refractivity contribution is 6.30. The van der Waals surface area contributed by atoms with Crippen LogP contribution in [0.5, 0.6) is 0 Å². The van der Waals surface area contributed by atoms with Crippen molar-refractivity contribution in [3.63, 3.8) is 0 Å². The van der Waals surface area contributed by atoms with Crippen LogP contribution in [0.4, 0.5) is 5.69 Å². The van der Waals surface area contributed by atoms with Crippen LogP contribution in [0.2, 0.25) is 5.02 Å². The molecule has 3 heterocycles. The lowest BCUT2D eigenvalue weighted by Crippen LogP contribution is -2.56. The lowest BCUT2D eigenvalue weighted by Gasteiger charge is -2.37. The van der Waals surface area contributed by atoms with Gasteiger partial charge in [0.2, 0.25) is 11.8 Å². The van der Waals surface area contributed by atoms with Crippen molar-refractivity contribution in [2.75, 3.05) is 38.2 Å². The quantitative estimate of drug-likeness (QED) is 0.294. The monoisotopic (exact) mass is 557 g/mol. The van der Waals surface area contributed by atoms with Gasteiger partial charge in [-0.2, -0.15) is 0 Å². The van der Waals surface area contributed by atoms with E-state index in [2.05, 4.69) is 13.2 Å². The van der Waals surface area contributed by atoms with E-state index in [4.69, 9.17) is 16.3 Å². The number of hydrogen-bond donors (Lipinski definition) is 1. The Bertz CT molecular complexity index is 1110. The number of unbranched alkanes of at least 4 members (excludes halogenated alkanes) is 2. The third-order valence-electron chi connectivity index (χ3n) is 8.73. The number of nitrogens with zero attached hydrogens (tertiary/aromatic N) is 3. The van der Waals surface area contributed by atoms with Gasteiger partial charge in [0.1, 0.15) is 11.6 Å². The van der Waals surface area contributed by atoms with Crippen molar-refractivity contribution in [2.24, 2.45) is 11.8 Å². The molecule has 1 spiro atoms. The van der Waals surface area contributed by atoms with Crippen LogP contribution in [-0.4, -0.2) is 83.2 Å². The van der Waals surface area contributed by atoms with Gasteiger partial charge >= 0.3 is 0 Å². The Labute approximate surface area is 236 Å². The minimum Gasteiger partial charge on any atom is -0.396 e. The first-order valence-corrected chi connectivity index (χ1v) is 14.2. The van der Waals surface area contributed by atoms with Crippen LogP contribution in [-0.2, 0) is 19.1 Å². The molecule has 1 aromatic rings. The molecule has 0 radical (unpaired) electrons. The molecule has 212 valence electrons. The standard InChI is InChI=1S/C30H40ClN3O5/c1-5-17-32(4)26(36)23-24-27(37)34(19-9-8-10-20-35)25(30(24)16-15-29(23,7-3)39-30)28(38)33(18-6-2)22-13-11-21(31)12-14-22/h5-6,11-14,23-25,35H,1-2,7-10,15-20H2,3-4H3/t23-,24+,25?,29+,30?/m1/s1. The fourth-order valence-corrected chi connectivity index (χ4v) is 7.05. The summed E-state index contributed by atoms with van der Waals surface area (Å²) in [5.41, 5.74) is -1.24. The predicted molar refractivity (Wildman–Crippen MR) is 151 cm³/mol. The van der Waals surface area contributed by atoms with E-state index in [1.807, 2.05) is 6.92 Å². The van der Waals surface area contributed by atoms with E-state index < -0.39 is 29.1 Å². The molecule has 2 unspecified atom stereocenters. The van der Waals surface area contributed by atoms with Gasteiger partial charge in [0, 0.05) is 44.0 Å². The van der Waals surface area contributed by atoms with Crippen molar-refractivity contribution in [2.45, 2.75) is 62.7 Å². The number of fused-ring (bicyclic) bond motifs is 1. The summed E-state index contributed by atoms with van der Waals surface area (Å²) in [5, 5.41) is 9.81. The second kappa shape index (κ2) is 11.8. The third-order valence-corrected chi connectivity index (χ3v) is 8.99. The molecule has 1 N–H and O–H groups in total. The summed E-state index contributed by atoms with van der Waals surface area (Å²) in [6, 6.07) is 6.12. The fraction of sp³-hybridized carbons (Fsp3) is 0.567. The average molecular weight is 558 g/mol. The zero-order chi connectivity index (χ0) is 28.4. The fourth-order valence-electron chi connectivity index (χ4n) is 6.93. The highest BCUT2D eigenvalue weighted by Gasteiger charge is 2.78. The maximum atomic E-state index is 14.5. The van der Waals surface area contributed by atoms with Crippen LogP contribution in [0.25, 0.3) is 0 Å². The molecule has 9 heteroatoms. The molecule has 3 amide bonds. The van der Waals surface area contributed by atoms with Gasteiger partial charge in [0.25, 0.3) is 5.91 Å². The molecule has 8 nitrogen and oxygen atoms in total. The molecule has 3 saturated heterocycles. The molecule has 2 bridgehead atoms. The number of carbonyl (C=O) groups excluding carboxylic acids is 3. The predicted octanol–water partition coefficient (Wildman–Crippen LogP) is 3.82. The molecule has 5 atom stereocenters. The molecule has 0 aliphatic carbocycles. The van der Waals surface area contributed by atoms with Crippen LogP contribution in [0, 0.1) is 11.8 Å². The van der Waals surface area contributed by atoms with Gasteiger partial charge in [-0.05, 0) is 62.8 Å². The molecule has 4 rings (SSSR count). The van der Waals surface area contributed by atoms with Crippen molar-refractivity contribution < 1.29 is 24.2 Å². The molecule has 3 aliphatic rings. The number of likely N-dealkylation sites (N-methyl/N-ethyl adjacent to an activating group) is 1. The van der Waals surface area contributed by atoms with Crippen LogP contribution < -0.4 is 4.90 Å². The van der Waals surface area contributed by atoms with Gasteiger partial charge in [0.05, 0.1) is 17.4 Å². The molecule has 39 heavy (non-hydrogen) atoms. The normalized spacial score (nSPS) is 28.9. The number of benzene rings is 1. The summed E-state index contributed by atoms with van der Waals surface area (Å²) in [7, 11) is 1.72. The first-order valence-electron chi connectivity index (χ1n) is 13.9. The van der Waals surface area contributed by atoms with Crippen LogP contribution in [0.3, 0.4) is 0 Å². The Morgan fingerprint density at radius 2 is 1.82 bits per heavy atom. The number of aliphatic hydroxyl groups excluding tert-OH is 1. The highest BCUT2D eigenvalue weighted by atomic mass is 35.5. The maximum absolute atomic E-state index is 14.5. The Morgan fingerprint density at radius 3 is 2.44 bits per heavy atom. The molecular weight excluding hydrogens is 518 g/mol. The molecule has 1 aromatic carbocycles. The van der Waals surface area contributed by atoms with E-state index in [0.717, 1.165) is 6.42 Å². The van der Waals surface area contributed by atoms with E-state index >= 15 is 0 Å². The van der Waals surface area contributed by atoms with Crippen molar-refractivity contribution >= 4 is 35.0 Å². The smallest absolute Gasteiger partial charge is 0.253 e. The van der Waals surface area contributed by atoms with E-state index in [9.17, 15) is 19.5 Å². The van der Waals surface area contributed by atoms with Gasteiger partial charge in [-0.15, -0.1) is 13.2 Å². The molecule has 0 saturated carbocycles. The lowest BCUT2D eigenvalue weighted by atomic mass is 9.64. The SMILES string of the molecule is C=CCN(C)C(=O)[C@H]1[C@H]2C(=O)N(CCCCCO)C(C(=O)N(CC=C)c3ccc(Cl)cc3)C23CC[C@]1(CC)O3. The number of hydrogen-bond acceptors (Lipinski definition) is 5. The molecule has 3 aliphatic heterocycles. The first kappa shape index (κ1) is 29.3. The van der Waals surface area contributed by atoms with Crippen LogP contribution in [0.15, 0.2) is 49.6 Å². The molecule has 0 aromatic heterocycles. The van der Waals surface area contributed by atoms with Crippen LogP contribution in [0.1, 0.15) is 45.4 Å². The lowest BCUT2D eigenvalue weighted by molar-refractivity contribution is -0.150. The second-order valence-electron chi connectivity index (χ2n) is 10.9. The zero-order valence-corrected chi connectivity index (χ0v) is 23.7. The van der Waals surface area contributed by atoms with E-state index in [-0.39, 0.29) is 30.9 Å². The number of ether oxygens (including phenoxy) is 1. The number of aliphatic hydroxyl groups is 1. The van der Waals surface area contributed by atoms with Crippen molar-refractivity contribution in [1.29, 1.82) is 0 Å². The van der Waals surface area contributed by atoms with E-state index in [1.165, 1.54) is 0 Å². The third kappa shape index (κ3) is 4.92. The molecular formula is C30H40ClN3O5.